The Hall–Kier alpha value is -2.37. The number of rotatable bonds is 7. The molecule has 2 aromatic carbocycles. The highest BCUT2D eigenvalue weighted by molar-refractivity contribution is 7.92. The summed E-state index contributed by atoms with van der Waals surface area (Å²) in [6, 6.07) is 11.9. The van der Waals surface area contributed by atoms with Gasteiger partial charge in [-0.15, -0.1) is 0 Å². The summed E-state index contributed by atoms with van der Waals surface area (Å²) in [7, 11) is -1.96. The molecule has 1 aliphatic rings. The fraction of sp³-hybridized carbons (Fsp3) is 0.429. The summed E-state index contributed by atoms with van der Waals surface area (Å²) < 4.78 is 42.9. The molecule has 4 N–H and O–H groups in total. The molecule has 10 heteroatoms. The number of aliphatic hydroxyl groups excluding tert-OH is 3. The van der Waals surface area contributed by atoms with Gasteiger partial charge in [-0.2, -0.15) is 0 Å². The molecule has 2 aromatic rings. The van der Waals surface area contributed by atoms with Gasteiger partial charge in [-0.1, -0.05) is 25.1 Å². The van der Waals surface area contributed by atoms with Crippen molar-refractivity contribution in [3.63, 3.8) is 0 Å². The van der Waals surface area contributed by atoms with E-state index in [0.29, 0.717) is 28.3 Å². The van der Waals surface area contributed by atoms with Crippen LogP contribution in [0.2, 0.25) is 0 Å². The van der Waals surface area contributed by atoms with Gasteiger partial charge in [-0.3, -0.25) is 4.72 Å². The van der Waals surface area contributed by atoms with Crippen molar-refractivity contribution in [3.05, 3.63) is 42.5 Å². The largest absolute Gasteiger partial charge is 0.496 e. The van der Waals surface area contributed by atoms with Crippen LogP contribution in [0.1, 0.15) is 6.92 Å². The zero-order valence-electron chi connectivity index (χ0n) is 17.4. The van der Waals surface area contributed by atoms with E-state index in [1.54, 1.807) is 49.4 Å². The van der Waals surface area contributed by atoms with Gasteiger partial charge in [0, 0.05) is 11.6 Å². The number of hydrogen-bond acceptors (Lipinski definition) is 8. The number of methoxy groups -OCH3 is 1. The Balaban J connectivity index is 1.99. The van der Waals surface area contributed by atoms with Gasteiger partial charge >= 0.3 is 0 Å². The number of anilines is 1. The first-order valence-electron chi connectivity index (χ1n) is 9.69. The average Bonchev–Trinajstić information content (AvgIpc) is 2.72. The molecule has 0 amide bonds. The molecule has 0 spiro atoms. The van der Waals surface area contributed by atoms with Gasteiger partial charge in [0.25, 0.3) is 0 Å². The van der Waals surface area contributed by atoms with Crippen molar-refractivity contribution in [1.82, 2.24) is 0 Å². The molecule has 1 fully saturated rings. The van der Waals surface area contributed by atoms with E-state index in [-0.39, 0.29) is 0 Å². The van der Waals surface area contributed by atoms with Crippen molar-refractivity contribution in [2.24, 2.45) is 5.92 Å². The Labute approximate surface area is 181 Å². The predicted octanol–water partition coefficient (Wildman–Crippen LogP) is 1.19. The summed E-state index contributed by atoms with van der Waals surface area (Å²) in [5, 5.41) is 29.8. The van der Waals surface area contributed by atoms with Crippen LogP contribution in [0.25, 0.3) is 11.1 Å². The number of ether oxygens (including phenoxy) is 3. The number of nitrogens with one attached hydrogen (secondary N) is 1. The predicted molar refractivity (Wildman–Crippen MR) is 114 cm³/mol. The lowest BCUT2D eigenvalue weighted by atomic mass is 9.92. The highest BCUT2D eigenvalue weighted by Crippen LogP contribution is 2.41. The van der Waals surface area contributed by atoms with Gasteiger partial charge in [0.05, 0.1) is 31.6 Å². The zero-order valence-corrected chi connectivity index (χ0v) is 18.2. The molecule has 5 atom stereocenters. The Kier molecular flexibility index (Phi) is 7.07. The van der Waals surface area contributed by atoms with E-state index >= 15 is 0 Å². The first-order valence-corrected chi connectivity index (χ1v) is 11.6. The van der Waals surface area contributed by atoms with Crippen LogP contribution >= 0.6 is 0 Å². The van der Waals surface area contributed by atoms with E-state index in [0.717, 1.165) is 6.26 Å². The number of aliphatic hydroxyl groups is 3. The van der Waals surface area contributed by atoms with Crippen LogP contribution in [0, 0.1) is 5.92 Å². The molecule has 0 radical (unpaired) electrons. The molecule has 2 unspecified atom stereocenters. The molecule has 0 bridgehead atoms. The van der Waals surface area contributed by atoms with Crippen molar-refractivity contribution in [2.45, 2.75) is 31.5 Å². The van der Waals surface area contributed by atoms with Crippen molar-refractivity contribution < 1.29 is 37.9 Å². The van der Waals surface area contributed by atoms with Gasteiger partial charge in [0.15, 0.2) is 0 Å². The maximum atomic E-state index is 11.6. The van der Waals surface area contributed by atoms with Gasteiger partial charge < -0.3 is 29.5 Å². The molecular weight excluding hydrogens is 426 g/mol. The van der Waals surface area contributed by atoms with Crippen LogP contribution in [-0.4, -0.2) is 68.3 Å². The Morgan fingerprint density at radius 1 is 1.10 bits per heavy atom. The third-order valence-electron chi connectivity index (χ3n) is 5.09. The highest BCUT2D eigenvalue weighted by atomic mass is 32.2. The summed E-state index contributed by atoms with van der Waals surface area (Å²) in [4.78, 5) is 0. The topological polar surface area (TPSA) is 135 Å². The summed E-state index contributed by atoms with van der Waals surface area (Å²) in [5.41, 5.74) is 1.56. The smallest absolute Gasteiger partial charge is 0.229 e. The van der Waals surface area contributed by atoms with Crippen molar-refractivity contribution >= 4 is 15.7 Å². The standard InChI is InChI=1S/C21H27NO8S/c1-12-19(24)20(25)17(11-23)30-21(12)29-16-9-5-8-15(28-2)18(16)13-6-4-7-14(10-13)22-31(3,26)27/h4-10,12,17,19-25H,11H2,1-3H3/t12?,17?,19-,20+,21-/m1/s1. The van der Waals surface area contributed by atoms with Gasteiger partial charge in [0.1, 0.15) is 23.7 Å². The average molecular weight is 454 g/mol. The van der Waals surface area contributed by atoms with Crippen LogP contribution in [0.3, 0.4) is 0 Å². The minimum Gasteiger partial charge on any atom is -0.496 e. The SMILES string of the molecule is COc1cccc(O[C@@H]2OC(CO)[C@H](O)[C@H](O)C2C)c1-c1cccc(NS(C)(=O)=O)c1. The van der Waals surface area contributed by atoms with Gasteiger partial charge in [0.2, 0.25) is 16.3 Å². The fourth-order valence-corrected chi connectivity index (χ4v) is 4.05. The third-order valence-corrected chi connectivity index (χ3v) is 5.70. The fourth-order valence-electron chi connectivity index (χ4n) is 3.50. The molecule has 0 aliphatic carbocycles. The molecule has 9 nitrogen and oxygen atoms in total. The van der Waals surface area contributed by atoms with E-state index < -0.39 is 47.2 Å². The molecule has 1 saturated heterocycles. The second kappa shape index (κ2) is 9.41. The Morgan fingerprint density at radius 3 is 2.42 bits per heavy atom. The summed E-state index contributed by atoms with van der Waals surface area (Å²) in [5.74, 6) is 0.264. The molecule has 170 valence electrons. The maximum Gasteiger partial charge on any atom is 0.229 e. The van der Waals surface area contributed by atoms with E-state index in [4.69, 9.17) is 14.2 Å². The summed E-state index contributed by atoms with van der Waals surface area (Å²) in [6.07, 6.45) is -3.25. The summed E-state index contributed by atoms with van der Waals surface area (Å²) in [6.45, 7) is 1.19. The van der Waals surface area contributed by atoms with Crippen molar-refractivity contribution in [2.75, 3.05) is 24.7 Å². The molecule has 31 heavy (non-hydrogen) atoms. The molecule has 3 rings (SSSR count). The number of sulfonamides is 1. The molecule has 1 heterocycles. The Bertz CT molecular complexity index is 1010. The van der Waals surface area contributed by atoms with Crippen molar-refractivity contribution in [1.29, 1.82) is 0 Å². The zero-order chi connectivity index (χ0) is 22.8. The van der Waals surface area contributed by atoms with Crippen LogP contribution in [0.15, 0.2) is 42.5 Å². The number of benzene rings is 2. The third kappa shape index (κ3) is 5.28. The molecule has 0 saturated carbocycles. The highest BCUT2D eigenvalue weighted by Gasteiger charge is 2.43. The van der Waals surface area contributed by atoms with Crippen LogP contribution < -0.4 is 14.2 Å². The minimum atomic E-state index is -3.46. The number of hydrogen-bond donors (Lipinski definition) is 4. The first kappa shape index (κ1) is 23.3. The van der Waals surface area contributed by atoms with E-state index in [2.05, 4.69) is 4.72 Å². The second-order valence-electron chi connectivity index (χ2n) is 7.47. The normalized spacial score (nSPS) is 26.3. The molecular formula is C21H27NO8S. The molecule has 0 aromatic heterocycles. The van der Waals surface area contributed by atoms with Crippen LogP contribution in [0.5, 0.6) is 11.5 Å². The van der Waals surface area contributed by atoms with E-state index in [9.17, 15) is 23.7 Å². The maximum absolute atomic E-state index is 11.6. The van der Waals surface area contributed by atoms with Crippen LogP contribution in [0.4, 0.5) is 5.69 Å². The second-order valence-corrected chi connectivity index (χ2v) is 9.22. The van der Waals surface area contributed by atoms with E-state index in [1.165, 1.54) is 7.11 Å². The summed E-state index contributed by atoms with van der Waals surface area (Å²) >= 11 is 0. The monoisotopic (exact) mass is 453 g/mol. The quantitative estimate of drug-likeness (QED) is 0.491. The first-order chi connectivity index (χ1) is 14.6. The lowest BCUT2D eigenvalue weighted by molar-refractivity contribution is -0.256. The lowest BCUT2D eigenvalue weighted by Gasteiger charge is -2.40. The van der Waals surface area contributed by atoms with Gasteiger partial charge in [-0.25, -0.2) is 8.42 Å². The van der Waals surface area contributed by atoms with Crippen LogP contribution in [-0.2, 0) is 14.8 Å². The van der Waals surface area contributed by atoms with Crippen molar-refractivity contribution in [3.8, 4) is 22.6 Å². The molecule has 1 aliphatic heterocycles. The van der Waals surface area contributed by atoms with Gasteiger partial charge in [-0.05, 0) is 29.8 Å². The minimum absolute atomic E-state index is 0.369. The lowest BCUT2D eigenvalue weighted by Crippen LogP contribution is -2.56. The Morgan fingerprint density at radius 2 is 1.77 bits per heavy atom. The van der Waals surface area contributed by atoms with E-state index in [1.807, 2.05) is 0 Å².